The normalized spacial score (nSPS) is 20.9. The molecule has 7 nitrogen and oxygen atoms in total. The van der Waals surface area contributed by atoms with Crippen molar-refractivity contribution in [1.82, 2.24) is 20.4 Å². The third-order valence-electron chi connectivity index (χ3n) is 5.75. The largest absolute Gasteiger partial charge is 0.378 e. The second-order valence-electron chi connectivity index (χ2n) is 8.19. The van der Waals surface area contributed by atoms with E-state index in [9.17, 15) is 4.79 Å². The quantitative estimate of drug-likeness (QED) is 0.199. The lowest BCUT2D eigenvalue weighted by molar-refractivity contribution is -0.133. The van der Waals surface area contributed by atoms with Crippen LogP contribution in [0.2, 0.25) is 0 Å². The first kappa shape index (κ1) is 26.4. The minimum Gasteiger partial charge on any atom is -0.378 e. The fourth-order valence-corrected chi connectivity index (χ4v) is 4.14. The molecule has 8 heteroatoms. The van der Waals surface area contributed by atoms with Gasteiger partial charge < -0.3 is 20.3 Å². The zero-order valence-corrected chi connectivity index (χ0v) is 21.0. The molecule has 0 aromatic rings. The highest BCUT2D eigenvalue weighted by atomic mass is 127. The fourth-order valence-electron chi connectivity index (χ4n) is 4.14. The summed E-state index contributed by atoms with van der Waals surface area (Å²) in [6, 6.07) is 0.0663. The van der Waals surface area contributed by atoms with E-state index in [0.29, 0.717) is 6.10 Å². The van der Waals surface area contributed by atoms with Crippen LogP contribution < -0.4 is 10.6 Å². The summed E-state index contributed by atoms with van der Waals surface area (Å²) in [6.07, 6.45) is 11.1. The molecule has 2 N–H and O–H groups in total. The van der Waals surface area contributed by atoms with Crippen molar-refractivity contribution in [2.24, 2.45) is 4.99 Å². The van der Waals surface area contributed by atoms with Gasteiger partial charge in [-0.2, -0.15) is 0 Å². The SMILES string of the molecule is CN=C(NCCCOC1CCCCC1)NCCCN1CCCC1C(=O)N(C)C.I. The van der Waals surface area contributed by atoms with Crippen molar-refractivity contribution in [2.45, 2.75) is 69.9 Å². The van der Waals surface area contributed by atoms with Gasteiger partial charge in [-0.3, -0.25) is 14.7 Å². The van der Waals surface area contributed by atoms with Crippen LogP contribution in [0.5, 0.6) is 0 Å². The molecule has 0 spiro atoms. The summed E-state index contributed by atoms with van der Waals surface area (Å²) < 4.78 is 5.96. The van der Waals surface area contributed by atoms with Crippen LogP contribution >= 0.6 is 24.0 Å². The second-order valence-corrected chi connectivity index (χ2v) is 8.19. The molecule has 170 valence electrons. The van der Waals surface area contributed by atoms with Gasteiger partial charge in [-0.25, -0.2) is 0 Å². The Kier molecular flexibility index (Phi) is 13.9. The fraction of sp³-hybridized carbons (Fsp3) is 0.905. The van der Waals surface area contributed by atoms with Crippen molar-refractivity contribution in [3.05, 3.63) is 0 Å². The Morgan fingerprint density at radius 2 is 1.76 bits per heavy atom. The van der Waals surface area contributed by atoms with Gasteiger partial charge in [0.15, 0.2) is 5.96 Å². The van der Waals surface area contributed by atoms with E-state index in [4.69, 9.17) is 4.74 Å². The second kappa shape index (κ2) is 15.2. The number of hydrogen-bond acceptors (Lipinski definition) is 4. The number of carbonyl (C=O) groups excluding carboxylic acids is 1. The molecule has 0 aromatic carbocycles. The minimum absolute atomic E-state index is 0. The van der Waals surface area contributed by atoms with Gasteiger partial charge in [-0.1, -0.05) is 19.3 Å². The van der Waals surface area contributed by atoms with Crippen LogP contribution in [-0.4, -0.2) is 87.7 Å². The van der Waals surface area contributed by atoms with E-state index >= 15 is 0 Å². The lowest BCUT2D eigenvalue weighted by Crippen LogP contribution is -2.44. The number of likely N-dealkylation sites (tertiary alicyclic amines) is 1. The van der Waals surface area contributed by atoms with E-state index in [-0.39, 0.29) is 35.9 Å². The number of nitrogens with one attached hydrogen (secondary N) is 2. The number of likely N-dealkylation sites (N-methyl/N-ethyl adjacent to an activating group) is 1. The Labute approximate surface area is 194 Å². The van der Waals surface area contributed by atoms with Gasteiger partial charge in [0.05, 0.1) is 12.1 Å². The summed E-state index contributed by atoms with van der Waals surface area (Å²) in [5.41, 5.74) is 0. The molecule has 1 aliphatic carbocycles. The number of ether oxygens (including phenoxy) is 1. The Morgan fingerprint density at radius 1 is 1.07 bits per heavy atom. The molecule has 2 aliphatic rings. The molecular formula is C21H42IN5O2. The molecule has 1 unspecified atom stereocenters. The number of carbonyl (C=O) groups is 1. The van der Waals surface area contributed by atoms with Crippen LogP contribution in [0.1, 0.15) is 57.8 Å². The molecule has 1 atom stereocenters. The molecule has 1 aliphatic heterocycles. The number of guanidine groups is 1. The maximum Gasteiger partial charge on any atom is 0.239 e. The molecule has 0 aromatic heterocycles. The van der Waals surface area contributed by atoms with Crippen LogP contribution in [0.25, 0.3) is 0 Å². The van der Waals surface area contributed by atoms with Crippen molar-refractivity contribution < 1.29 is 9.53 Å². The molecule has 1 heterocycles. The van der Waals surface area contributed by atoms with Gasteiger partial charge in [0, 0.05) is 47.4 Å². The molecule has 1 saturated carbocycles. The molecule has 0 bridgehead atoms. The smallest absolute Gasteiger partial charge is 0.239 e. The van der Waals surface area contributed by atoms with E-state index in [2.05, 4.69) is 20.5 Å². The van der Waals surface area contributed by atoms with Crippen molar-refractivity contribution in [1.29, 1.82) is 0 Å². The van der Waals surface area contributed by atoms with Gasteiger partial charge >= 0.3 is 0 Å². The summed E-state index contributed by atoms with van der Waals surface area (Å²) in [5.74, 6) is 1.08. The number of rotatable bonds is 10. The number of amides is 1. The Morgan fingerprint density at radius 3 is 2.41 bits per heavy atom. The maximum atomic E-state index is 12.2. The number of halogens is 1. The van der Waals surface area contributed by atoms with Crippen molar-refractivity contribution in [3.8, 4) is 0 Å². The molecule has 0 radical (unpaired) electrons. The molecule has 2 fully saturated rings. The van der Waals surface area contributed by atoms with Gasteiger partial charge in [0.1, 0.15) is 0 Å². The lowest BCUT2D eigenvalue weighted by atomic mass is 9.98. The Balaban J connectivity index is 0.00000420. The van der Waals surface area contributed by atoms with E-state index in [1.807, 2.05) is 14.1 Å². The number of aliphatic imine (C=N–C) groups is 1. The van der Waals surface area contributed by atoms with Crippen LogP contribution in [0.4, 0.5) is 0 Å². The molecular weight excluding hydrogens is 481 g/mol. The Bertz CT molecular complexity index is 484. The van der Waals surface area contributed by atoms with Crippen molar-refractivity contribution in [3.63, 3.8) is 0 Å². The van der Waals surface area contributed by atoms with Crippen molar-refractivity contribution in [2.75, 3.05) is 53.9 Å². The van der Waals surface area contributed by atoms with Gasteiger partial charge in [-0.05, 0) is 45.1 Å². The summed E-state index contributed by atoms with van der Waals surface area (Å²) >= 11 is 0. The summed E-state index contributed by atoms with van der Waals surface area (Å²) in [5, 5.41) is 6.74. The minimum atomic E-state index is 0. The summed E-state index contributed by atoms with van der Waals surface area (Å²) in [7, 11) is 5.49. The van der Waals surface area contributed by atoms with E-state index in [1.54, 1.807) is 11.9 Å². The highest BCUT2D eigenvalue weighted by Gasteiger charge is 2.30. The first-order valence-corrected chi connectivity index (χ1v) is 11.1. The predicted molar refractivity (Wildman–Crippen MR) is 130 cm³/mol. The third-order valence-corrected chi connectivity index (χ3v) is 5.75. The van der Waals surface area contributed by atoms with E-state index < -0.39 is 0 Å². The van der Waals surface area contributed by atoms with Crippen molar-refractivity contribution >= 4 is 35.8 Å². The topological polar surface area (TPSA) is 69.2 Å². The molecule has 1 saturated heterocycles. The van der Waals surface area contributed by atoms with Crippen LogP contribution in [0, 0.1) is 0 Å². The average Bonchev–Trinajstić information content (AvgIpc) is 3.17. The summed E-state index contributed by atoms with van der Waals surface area (Å²) in [6.45, 7) is 4.53. The number of hydrogen-bond donors (Lipinski definition) is 2. The van der Waals surface area contributed by atoms with Crippen LogP contribution in [0.15, 0.2) is 4.99 Å². The predicted octanol–water partition coefficient (Wildman–Crippen LogP) is 2.45. The van der Waals surface area contributed by atoms with Gasteiger partial charge in [0.25, 0.3) is 0 Å². The first-order valence-electron chi connectivity index (χ1n) is 11.1. The molecule has 1 amide bonds. The first-order chi connectivity index (χ1) is 13.6. The molecule has 2 rings (SSSR count). The summed E-state index contributed by atoms with van der Waals surface area (Å²) in [4.78, 5) is 20.6. The van der Waals surface area contributed by atoms with Crippen LogP contribution in [0.3, 0.4) is 0 Å². The van der Waals surface area contributed by atoms with E-state index in [0.717, 1.165) is 64.4 Å². The zero-order chi connectivity index (χ0) is 20.2. The number of nitrogens with zero attached hydrogens (tertiary/aromatic N) is 3. The molecule has 29 heavy (non-hydrogen) atoms. The van der Waals surface area contributed by atoms with E-state index in [1.165, 1.54) is 32.1 Å². The Hall–Kier alpha value is -0.610. The lowest BCUT2D eigenvalue weighted by Gasteiger charge is -2.26. The zero-order valence-electron chi connectivity index (χ0n) is 18.6. The average molecular weight is 524 g/mol. The highest BCUT2D eigenvalue weighted by Crippen LogP contribution is 2.20. The maximum absolute atomic E-state index is 12.2. The third kappa shape index (κ3) is 9.83. The van der Waals surface area contributed by atoms with Crippen LogP contribution in [-0.2, 0) is 9.53 Å². The standard InChI is InChI=1S/C21H41N5O2.HI/c1-22-21(24-14-9-17-28-18-10-5-4-6-11-18)23-13-8-16-26-15-7-12-19(26)20(27)25(2)3;/h18-19H,4-17H2,1-3H3,(H2,22,23,24);1H. The highest BCUT2D eigenvalue weighted by molar-refractivity contribution is 14.0. The monoisotopic (exact) mass is 523 g/mol. The van der Waals surface area contributed by atoms with Gasteiger partial charge in [0.2, 0.25) is 5.91 Å². The van der Waals surface area contributed by atoms with Gasteiger partial charge in [-0.15, -0.1) is 24.0 Å².